The molecular weight excluding hydrogens is 324 g/mol. The third kappa shape index (κ3) is 3.73. The standard InChI is InChI=1S/C21H26N4O/c26-21(18-5-3-17(4-6-18)19-2-1-9-23-16-19)25-14-12-24(13-15-25)20-7-10-22-11-8-20/h3-8,10-11,19,23H,1-2,9,12-16H2/t19-/m1/s1. The molecule has 5 nitrogen and oxygen atoms in total. The Morgan fingerprint density at radius 2 is 1.73 bits per heavy atom. The number of carbonyl (C=O) groups excluding carboxylic acids is 1. The van der Waals surface area contributed by atoms with Crippen LogP contribution in [0.25, 0.3) is 0 Å². The van der Waals surface area contributed by atoms with Crippen molar-refractivity contribution >= 4 is 11.6 Å². The van der Waals surface area contributed by atoms with Gasteiger partial charge in [0.15, 0.2) is 0 Å². The van der Waals surface area contributed by atoms with E-state index in [2.05, 4.69) is 27.3 Å². The van der Waals surface area contributed by atoms with Crippen LogP contribution in [0.5, 0.6) is 0 Å². The van der Waals surface area contributed by atoms with Crippen molar-refractivity contribution in [1.29, 1.82) is 0 Å². The third-order valence-electron chi connectivity index (χ3n) is 5.52. The van der Waals surface area contributed by atoms with Crippen LogP contribution in [0.15, 0.2) is 48.8 Å². The zero-order valence-corrected chi connectivity index (χ0v) is 15.1. The Balaban J connectivity index is 1.36. The number of nitrogens with one attached hydrogen (secondary N) is 1. The highest BCUT2D eigenvalue weighted by atomic mass is 16.2. The summed E-state index contributed by atoms with van der Waals surface area (Å²) in [4.78, 5) is 21.2. The Labute approximate surface area is 155 Å². The second kappa shape index (κ2) is 7.87. The van der Waals surface area contributed by atoms with Gasteiger partial charge < -0.3 is 15.1 Å². The van der Waals surface area contributed by atoms with Gasteiger partial charge in [-0.1, -0.05) is 12.1 Å². The molecule has 5 heteroatoms. The SMILES string of the molecule is O=C(c1ccc([C@@H]2CCCNC2)cc1)N1CCN(c2ccncc2)CC1. The van der Waals surface area contributed by atoms with E-state index in [4.69, 9.17) is 0 Å². The minimum absolute atomic E-state index is 0.146. The molecule has 2 saturated heterocycles. The van der Waals surface area contributed by atoms with Crippen LogP contribution in [0.2, 0.25) is 0 Å². The summed E-state index contributed by atoms with van der Waals surface area (Å²) >= 11 is 0. The molecule has 3 heterocycles. The van der Waals surface area contributed by atoms with Gasteiger partial charge in [-0.05, 0) is 55.1 Å². The summed E-state index contributed by atoms with van der Waals surface area (Å²) in [5, 5.41) is 3.46. The first-order valence-electron chi connectivity index (χ1n) is 9.56. The molecule has 0 spiro atoms. The van der Waals surface area contributed by atoms with Gasteiger partial charge in [-0.15, -0.1) is 0 Å². The molecule has 2 aliphatic rings. The van der Waals surface area contributed by atoms with E-state index in [9.17, 15) is 4.79 Å². The first kappa shape index (κ1) is 17.0. The van der Waals surface area contributed by atoms with E-state index < -0.39 is 0 Å². The highest BCUT2D eigenvalue weighted by molar-refractivity contribution is 5.94. The second-order valence-electron chi connectivity index (χ2n) is 7.15. The maximum absolute atomic E-state index is 12.8. The summed E-state index contributed by atoms with van der Waals surface area (Å²) in [6, 6.07) is 12.3. The van der Waals surface area contributed by atoms with Gasteiger partial charge in [-0.2, -0.15) is 0 Å². The van der Waals surface area contributed by atoms with E-state index in [1.54, 1.807) is 0 Å². The van der Waals surface area contributed by atoms with Gasteiger partial charge in [-0.25, -0.2) is 0 Å². The molecule has 4 rings (SSSR count). The fourth-order valence-corrected chi connectivity index (χ4v) is 3.94. The Kier molecular flexibility index (Phi) is 5.16. The largest absolute Gasteiger partial charge is 0.368 e. The minimum Gasteiger partial charge on any atom is -0.368 e. The smallest absolute Gasteiger partial charge is 0.253 e. The Bertz CT molecular complexity index is 717. The molecule has 0 unspecified atom stereocenters. The van der Waals surface area contributed by atoms with Crippen LogP contribution in [-0.2, 0) is 0 Å². The van der Waals surface area contributed by atoms with E-state index >= 15 is 0 Å². The van der Waals surface area contributed by atoms with E-state index in [1.807, 2.05) is 41.6 Å². The summed E-state index contributed by atoms with van der Waals surface area (Å²) < 4.78 is 0. The van der Waals surface area contributed by atoms with Crippen LogP contribution in [0.3, 0.4) is 0 Å². The number of piperidine rings is 1. The van der Waals surface area contributed by atoms with E-state index in [0.717, 1.165) is 44.8 Å². The number of hydrogen-bond acceptors (Lipinski definition) is 4. The summed E-state index contributed by atoms with van der Waals surface area (Å²) in [5.41, 5.74) is 3.32. The van der Waals surface area contributed by atoms with Crippen molar-refractivity contribution in [3.05, 3.63) is 59.9 Å². The molecule has 26 heavy (non-hydrogen) atoms. The number of aromatic nitrogens is 1. The molecule has 1 atom stereocenters. The number of amides is 1. The lowest BCUT2D eigenvalue weighted by molar-refractivity contribution is 0.0747. The van der Waals surface area contributed by atoms with Gasteiger partial charge in [-0.3, -0.25) is 9.78 Å². The molecule has 2 aromatic rings. The lowest BCUT2D eigenvalue weighted by Crippen LogP contribution is -2.48. The quantitative estimate of drug-likeness (QED) is 0.924. The highest BCUT2D eigenvalue weighted by Gasteiger charge is 2.23. The van der Waals surface area contributed by atoms with Crippen LogP contribution < -0.4 is 10.2 Å². The number of piperazine rings is 1. The Hall–Kier alpha value is -2.40. The summed E-state index contributed by atoms with van der Waals surface area (Å²) in [6.45, 7) is 5.41. The van der Waals surface area contributed by atoms with E-state index in [-0.39, 0.29) is 5.91 Å². The van der Waals surface area contributed by atoms with Crippen molar-refractivity contribution in [2.45, 2.75) is 18.8 Å². The molecule has 0 bridgehead atoms. The zero-order valence-electron chi connectivity index (χ0n) is 15.1. The average Bonchev–Trinajstić information content (AvgIpc) is 2.75. The third-order valence-corrected chi connectivity index (χ3v) is 5.52. The zero-order chi connectivity index (χ0) is 17.8. The molecule has 2 aliphatic heterocycles. The van der Waals surface area contributed by atoms with Crippen molar-refractivity contribution in [2.24, 2.45) is 0 Å². The van der Waals surface area contributed by atoms with Crippen LogP contribution in [0, 0.1) is 0 Å². The van der Waals surface area contributed by atoms with Crippen LogP contribution in [-0.4, -0.2) is 55.1 Å². The van der Waals surface area contributed by atoms with Crippen LogP contribution in [0.4, 0.5) is 5.69 Å². The molecule has 0 saturated carbocycles. The predicted octanol–water partition coefficient (Wildman–Crippen LogP) is 2.51. The summed E-state index contributed by atoms with van der Waals surface area (Å²) in [7, 11) is 0. The predicted molar refractivity (Wildman–Crippen MR) is 104 cm³/mol. The molecule has 136 valence electrons. The second-order valence-corrected chi connectivity index (χ2v) is 7.15. The van der Waals surface area contributed by atoms with Gasteiger partial charge in [0.05, 0.1) is 0 Å². The van der Waals surface area contributed by atoms with Crippen LogP contribution in [0.1, 0.15) is 34.7 Å². The lowest BCUT2D eigenvalue weighted by Gasteiger charge is -2.36. The van der Waals surface area contributed by atoms with Crippen molar-refractivity contribution < 1.29 is 4.79 Å². The normalized spacial score (nSPS) is 20.8. The van der Waals surface area contributed by atoms with E-state index in [1.165, 1.54) is 24.1 Å². The van der Waals surface area contributed by atoms with Crippen molar-refractivity contribution in [3.63, 3.8) is 0 Å². The number of nitrogens with zero attached hydrogens (tertiary/aromatic N) is 3. The molecule has 2 fully saturated rings. The minimum atomic E-state index is 0.146. The molecule has 1 N–H and O–H groups in total. The van der Waals surface area contributed by atoms with E-state index in [0.29, 0.717) is 5.92 Å². The molecule has 1 amide bonds. The summed E-state index contributed by atoms with van der Waals surface area (Å²) in [6.07, 6.45) is 6.09. The topological polar surface area (TPSA) is 48.5 Å². The molecule has 1 aromatic heterocycles. The number of carbonyl (C=O) groups is 1. The fourth-order valence-electron chi connectivity index (χ4n) is 3.94. The first-order chi connectivity index (χ1) is 12.8. The maximum Gasteiger partial charge on any atom is 0.253 e. The van der Waals surface area contributed by atoms with Crippen LogP contribution >= 0.6 is 0 Å². The number of anilines is 1. The first-order valence-corrected chi connectivity index (χ1v) is 9.56. The van der Waals surface area contributed by atoms with Gasteiger partial charge in [0.25, 0.3) is 5.91 Å². The Morgan fingerprint density at radius 1 is 1.00 bits per heavy atom. The van der Waals surface area contributed by atoms with Gasteiger partial charge in [0.1, 0.15) is 0 Å². The number of rotatable bonds is 3. The van der Waals surface area contributed by atoms with Crippen molar-refractivity contribution in [2.75, 3.05) is 44.2 Å². The van der Waals surface area contributed by atoms with Crippen molar-refractivity contribution in [3.8, 4) is 0 Å². The molecule has 1 aromatic carbocycles. The fraction of sp³-hybridized carbons (Fsp3) is 0.429. The Morgan fingerprint density at radius 3 is 2.38 bits per heavy atom. The summed E-state index contributed by atoms with van der Waals surface area (Å²) in [5.74, 6) is 0.726. The number of benzene rings is 1. The average molecular weight is 350 g/mol. The number of pyridine rings is 1. The maximum atomic E-state index is 12.8. The lowest BCUT2D eigenvalue weighted by atomic mass is 9.91. The highest BCUT2D eigenvalue weighted by Crippen LogP contribution is 2.24. The molecule has 0 aliphatic carbocycles. The molecular formula is C21H26N4O. The van der Waals surface area contributed by atoms with Gasteiger partial charge in [0, 0.05) is 56.4 Å². The molecule has 0 radical (unpaired) electrons. The number of hydrogen-bond donors (Lipinski definition) is 1. The van der Waals surface area contributed by atoms with Gasteiger partial charge in [0.2, 0.25) is 0 Å². The van der Waals surface area contributed by atoms with Gasteiger partial charge >= 0.3 is 0 Å². The monoisotopic (exact) mass is 350 g/mol. The van der Waals surface area contributed by atoms with Crippen molar-refractivity contribution in [1.82, 2.24) is 15.2 Å².